The van der Waals surface area contributed by atoms with Gasteiger partial charge in [-0.1, -0.05) is 0 Å². The van der Waals surface area contributed by atoms with E-state index < -0.39 is 0 Å². The molecule has 0 aliphatic heterocycles. The number of nitrogens with zero attached hydrogens (tertiary/aromatic N) is 1. The summed E-state index contributed by atoms with van der Waals surface area (Å²) in [5.41, 5.74) is 13.4. The second kappa shape index (κ2) is 4.85. The van der Waals surface area contributed by atoms with E-state index in [9.17, 15) is 0 Å². The minimum Gasteiger partial charge on any atom is -0.456 e. The Kier molecular flexibility index (Phi) is 2.91. The van der Waals surface area contributed by atoms with Gasteiger partial charge in [0.05, 0.1) is 5.56 Å². The van der Waals surface area contributed by atoms with Crippen molar-refractivity contribution in [2.75, 3.05) is 5.73 Å². The molecule has 23 heavy (non-hydrogen) atoms. The molecule has 114 valence electrons. The van der Waals surface area contributed by atoms with Crippen molar-refractivity contribution >= 4 is 27.6 Å². The Hall–Kier alpha value is -2.81. The third-order valence-corrected chi connectivity index (χ3v) is 4.61. The first kappa shape index (κ1) is 13.8. The van der Waals surface area contributed by atoms with E-state index in [0.717, 1.165) is 27.6 Å². The average Bonchev–Trinajstić information content (AvgIpc) is 2.87. The Labute approximate surface area is 135 Å². The summed E-state index contributed by atoms with van der Waals surface area (Å²) in [7, 11) is 2.07. The highest BCUT2D eigenvalue weighted by atomic mass is 16.3. The summed E-state index contributed by atoms with van der Waals surface area (Å²) >= 11 is 0. The Morgan fingerprint density at radius 3 is 2.61 bits per heavy atom. The number of aromatic nitrogens is 1. The van der Waals surface area contributed by atoms with E-state index in [1.807, 2.05) is 24.3 Å². The van der Waals surface area contributed by atoms with Crippen LogP contribution in [-0.4, -0.2) is 0 Å². The normalized spacial score (nSPS) is 11.4. The molecule has 3 heteroatoms. The van der Waals surface area contributed by atoms with Crippen molar-refractivity contribution in [2.45, 2.75) is 13.8 Å². The predicted octanol–water partition coefficient (Wildman–Crippen LogP) is 4.28. The van der Waals surface area contributed by atoms with Crippen molar-refractivity contribution in [3.05, 3.63) is 59.8 Å². The number of nitrogens with two attached hydrogens (primary N) is 1. The number of rotatable bonds is 1. The number of benzene rings is 2. The number of fused-ring (bicyclic) bond motifs is 3. The molecule has 2 aromatic carbocycles. The number of hydrogen-bond acceptors (Lipinski definition) is 2. The Morgan fingerprint density at radius 1 is 1.00 bits per heavy atom. The summed E-state index contributed by atoms with van der Waals surface area (Å²) < 4.78 is 8.23. The second-order valence-electron chi connectivity index (χ2n) is 6.12. The fourth-order valence-corrected chi connectivity index (χ4v) is 3.29. The predicted molar refractivity (Wildman–Crippen MR) is 94.2 cm³/mol. The standard InChI is InChI=1S/C20H19N2O/c1-12-10-18-20(15-11-14(21)7-8-17(15)23-18)19(13(12)2)16-6-4-5-9-22(16)3/h4-11H,21H2,1-3H3/q+1. The molecule has 3 nitrogen and oxygen atoms in total. The average molecular weight is 303 g/mol. The van der Waals surface area contributed by atoms with Gasteiger partial charge in [0, 0.05) is 28.6 Å². The molecule has 0 radical (unpaired) electrons. The largest absolute Gasteiger partial charge is 0.456 e. The Bertz CT molecular complexity index is 1060. The maximum absolute atomic E-state index is 6.08. The van der Waals surface area contributed by atoms with Gasteiger partial charge >= 0.3 is 0 Å². The zero-order valence-corrected chi connectivity index (χ0v) is 13.6. The van der Waals surface area contributed by atoms with Crippen LogP contribution in [0.2, 0.25) is 0 Å². The van der Waals surface area contributed by atoms with Crippen molar-refractivity contribution in [1.82, 2.24) is 0 Å². The first-order valence-corrected chi connectivity index (χ1v) is 7.73. The summed E-state index contributed by atoms with van der Waals surface area (Å²) in [5.74, 6) is 0. The molecule has 2 N–H and O–H groups in total. The first-order valence-electron chi connectivity index (χ1n) is 7.73. The van der Waals surface area contributed by atoms with E-state index in [1.165, 1.54) is 22.4 Å². The molecule has 0 bridgehead atoms. The van der Waals surface area contributed by atoms with Crippen LogP contribution in [0.3, 0.4) is 0 Å². The van der Waals surface area contributed by atoms with Crippen LogP contribution in [-0.2, 0) is 7.05 Å². The van der Waals surface area contributed by atoms with Crippen LogP contribution in [0.1, 0.15) is 11.1 Å². The molecule has 0 saturated carbocycles. The molecule has 0 unspecified atom stereocenters. The fourth-order valence-electron chi connectivity index (χ4n) is 3.29. The lowest BCUT2D eigenvalue weighted by Gasteiger charge is -2.09. The van der Waals surface area contributed by atoms with Crippen LogP contribution in [0.25, 0.3) is 33.2 Å². The van der Waals surface area contributed by atoms with Gasteiger partial charge in [-0.25, -0.2) is 4.57 Å². The molecule has 0 spiro atoms. The van der Waals surface area contributed by atoms with Crippen LogP contribution in [0.15, 0.2) is 53.1 Å². The molecule has 0 atom stereocenters. The maximum Gasteiger partial charge on any atom is 0.213 e. The molecule has 0 saturated heterocycles. The fraction of sp³-hybridized carbons (Fsp3) is 0.150. The lowest BCUT2D eigenvalue weighted by atomic mass is 9.94. The summed E-state index contributed by atoms with van der Waals surface area (Å²) in [5, 5.41) is 2.21. The first-order chi connectivity index (χ1) is 11.1. The van der Waals surface area contributed by atoms with Crippen molar-refractivity contribution in [2.24, 2.45) is 7.05 Å². The number of aryl methyl sites for hydroxylation is 2. The molecule has 0 amide bonds. The molecule has 4 rings (SSSR count). The van der Waals surface area contributed by atoms with Crippen molar-refractivity contribution < 1.29 is 8.98 Å². The van der Waals surface area contributed by atoms with Crippen molar-refractivity contribution in [3.8, 4) is 11.3 Å². The summed E-state index contributed by atoms with van der Waals surface area (Å²) in [6.07, 6.45) is 2.07. The summed E-state index contributed by atoms with van der Waals surface area (Å²) in [6.45, 7) is 4.30. The number of hydrogen-bond donors (Lipinski definition) is 1. The van der Waals surface area contributed by atoms with Gasteiger partial charge in [-0.05, 0) is 55.3 Å². The smallest absolute Gasteiger partial charge is 0.213 e. The van der Waals surface area contributed by atoms with Gasteiger partial charge in [0.15, 0.2) is 6.20 Å². The van der Waals surface area contributed by atoms with E-state index >= 15 is 0 Å². The van der Waals surface area contributed by atoms with Crippen LogP contribution in [0.5, 0.6) is 0 Å². The third-order valence-electron chi connectivity index (χ3n) is 4.61. The topological polar surface area (TPSA) is 43.0 Å². The SMILES string of the molecule is Cc1cc2oc3ccc(N)cc3c2c(-c2cccc[n+]2C)c1C. The van der Waals surface area contributed by atoms with Crippen LogP contribution < -0.4 is 10.3 Å². The van der Waals surface area contributed by atoms with Gasteiger partial charge in [0.25, 0.3) is 0 Å². The highest BCUT2D eigenvalue weighted by molar-refractivity contribution is 6.13. The van der Waals surface area contributed by atoms with Crippen LogP contribution in [0, 0.1) is 13.8 Å². The van der Waals surface area contributed by atoms with E-state index in [0.29, 0.717) is 0 Å². The highest BCUT2D eigenvalue weighted by Crippen LogP contribution is 2.39. The van der Waals surface area contributed by atoms with Crippen molar-refractivity contribution in [3.63, 3.8) is 0 Å². The van der Waals surface area contributed by atoms with Gasteiger partial charge in [0.1, 0.15) is 18.2 Å². The number of pyridine rings is 1. The van der Waals surface area contributed by atoms with Crippen LogP contribution >= 0.6 is 0 Å². The van der Waals surface area contributed by atoms with E-state index in [4.69, 9.17) is 10.2 Å². The minimum atomic E-state index is 0.752. The Morgan fingerprint density at radius 2 is 1.83 bits per heavy atom. The summed E-state index contributed by atoms with van der Waals surface area (Å²) in [4.78, 5) is 0. The Balaban J connectivity index is 2.25. The maximum atomic E-state index is 6.08. The van der Waals surface area contributed by atoms with E-state index in [1.54, 1.807) is 0 Å². The second-order valence-corrected chi connectivity index (χ2v) is 6.12. The third kappa shape index (κ3) is 2.00. The molecular formula is C20H19N2O+. The van der Waals surface area contributed by atoms with Gasteiger partial charge in [0.2, 0.25) is 5.69 Å². The zero-order chi connectivity index (χ0) is 16.1. The lowest BCUT2D eigenvalue weighted by Crippen LogP contribution is -2.30. The van der Waals surface area contributed by atoms with Gasteiger partial charge in [-0.3, -0.25) is 0 Å². The lowest BCUT2D eigenvalue weighted by molar-refractivity contribution is -0.660. The van der Waals surface area contributed by atoms with Crippen molar-refractivity contribution in [1.29, 1.82) is 0 Å². The number of furan rings is 1. The molecule has 2 heterocycles. The molecule has 0 fully saturated rings. The summed E-state index contributed by atoms with van der Waals surface area (Å²) in [6, 6.07) is 14.2. The monoisotopic (exact) mass is 303 g/mol. The number of anilines is 1. The molecule has 0 aliphatic rings. The zero-order valence-electron chi connectivity index (χ0n) is 13.6. The minimum absolute atomic E-state index is 0.752. The van der Waals surface area contributed by atoms with E-state index in [2.05, 4.69) is 49.9 Å². The van der Waals surface area contributed by atoms with Gasteiger partial charge < -0.3 is 10.2 Å². The molecular weight excluding hydrogens is 284 g/mol. The van der Waals surface area contributed by atoms with Crippen LogP contribution in [0.4, 0.5) is 5.69 Å². The number of nitrogen functional groups attached to an aromatic ring is 1. The molecule has 2 aromatic heterocycles. The van der Waals surface area contributed by atoms with E-state index in [-0.39, 0.29) is 0 Å². The highest BCUT2D eigenvalue weighted by Gasteiger charge is 2.21. The molecule has 0 aliphatic carbocycles. The van der Waals surface area contributed by atoms with Gasteiger partial charge in [-0.2, -0.15) is 0 Å². The molecule has 4 aromatic rings. The van der Waals surface area contributed by atoms with Gasteiger partial charge in [-0.15, -0.1) is 0 Å². The quantitative estimate of drug-likeness (QED) is 0.421.